The lowest BCUT2D eigenvalue weighted by Crippen LogP contribution is -2.48. The summed E-state index contributed by atoms with van der Waals surface area (Å²) < 4.78 is 0. The van der Waals surface area contributed by atoms with E-state index in [1.165, 1.54) is 10.5 Å². The number of carbonyl (C=O) groups excluding carboxylic acids is 2. The van der Waals surface area contributed by atoms with Crippen LogP contribution >= 0.6 is 11.8 Å². The monoisotopic (exact) mass is 304 g/mol. The highest BCUT2D eigenvalue weighted by molar-refractivity contribution is 7.99. The minimum Gasteiger partial charge on any atom is -0.347 e. The Balaban J connectivity index is 1.70. The maximum Gasteiger partial charge on any atom is 0.243 e. The summed E-state index contributed by atoms with van der Waals surface area (Å²) in [5.41, 5.74) is 1.19. The van der Waals surface area contributed by atoms with E-state index < -0.39 is 0 Å². The van der Waals surface area contributed by atoms with Crippen LogP contribution in [0.4, 0.5) is 0 Å². The first-order valence-corrected chi connectivity index (χ1v) is 8.51. The first-order chi connectivity index (χ1) is 10.2. The number of nitrogens with zero attached hydrogens (tertiary/aromatic N) is 1. The summed E-state index contributed by atoms with van der Waals surface area (Å²) in [5, 5.41) is 3.13. The van der Waals surface area contributed by atoms with Crippen molar-refractivity contribution in [3.05, 3.63) is 29.8 Å². The van der Waals surface area contributed by atoms with Gasteiger partial charge in [-0.3, -0.25) is 9.59 Å². The van der Waals surface area contributed by atoms with E-state index in [9.17, 15) is 9.59 Å². The molecule has 2 amide bonds. The van der Waals surface area contributed by atoms with Crippen LogP contribution in [0.3, 0.4) is 0 Å². The van der Waals surface area contributed by atoms with Crippen molar-refractivity contribution < 1.29 is 9.59 Å². The molecule has 2 atom stereocenters. The summed E-state index contributed by atoms with van der Waals surface area (Å²) in [5.74, 6) is 0.961. The summed E-state index contributed by atoms with van der Waals surface area (Å²) >= 11 is 1.77. The van der Waals surface area contributed by atoms with Crippen LogP contribution in [0.15, 0.2) is 29.2 Å². The molecular formula is C16H20N2O2S. The second-order valence-electron chi connectivity index (χ2n) is 5.52. The number of nitrogens with one attached hydrogen (secondary N) is 1. The van der Waals surface area contributed by atoms with Crippen molar-refractivity contribution in [3.8, 4) is 0 Å². The van der Waals surface area contributed by atoms with Crippen LogP contribution in [0.25, 0.3) is 0 Å². The molecule has 2 aliphatic rings. The maximum absolute atomic E-state index is 12.6. The molecule has 1 fully saturated rings. The number of rotatable bonds is 4. The van der Waals surface area contributed by atoms with Gasteiger partial charge in [0.15, 0.2) is 0 Å². The number of fused-ring (bicyclic) bond motifs is 1. The summed E-state index contributed by atoms with van der Waals surface area (Å²) in [6.45, 7) is 2.67. The molecule has 1 aromatic carbocycles. The second-order valence-corrected chi connectivity index (χ2v) is 6.59. The Morgan fingerprint density at radius 2 is 2.29 bits per heavy atom. The van der Waals surface area contributed by atoms with Gasteiger partial charge < -0.3 is 10.2 Å². The highest BCUT2D eigenvalue weighted by Crippen LogP contribution is 2.37. The lowest BCUT2D eigenvalue weighted by molar-refractivity contribution is -0.137. The van der Waals surface area contributed by atoms with Crippen molar-refractivity contribution in [1.29, 1.82) is 0 Å². The number of hydrogen-bond acceptors (Lipinski definition) is 3. The fourth-order valence-corrected chi connectivity index (χ4v) is 4.26. The summed E-state index contributed by atoms with van der Waals surface area (Å²) in [7, 11) is 0. The van der Waals surface area contributed by atoms with Gasteiger partial charge in [0.25, 0.3) is 0 Å². The SMILES string of the molecule is CC[C@@H](C(=O)N[C@H]1CSc2ccccc21)N1CCCC1=O. The molecule has 2 aliphatic heterocycles. The van der Waals surface area contributed by atoms with Gasteiger partial charge in [-0.05, 0) is 24.5 Å². The molecule has 0 radical (unpaired) electrons. The molecule has 1 N–H and O–H groups in total. The third-order valence-corrected chi connectivity index (χ3v) is 5.37. The van der Waals surface area contributed by atoms with E-state index in [2.05, 4.69) is 17.4 Å². The van der Waals surface area contributed by atoms with Gasteiger partial charge in [0.1, 0.15) is 6.04 Å². The van der Waals surface area contributed by atoms with E-state index in [0.717, 1.165) is 12.2 Å². The fraction of sp³-hybridized carbons (Fsp3) is 0.500. The Morgan fingerprint density at radius 1 is 1.48 bits per heavy atom. The third-order valence-electron chi connectivity index (χ3n) is 4.19. The maximum atomic E-state index is 12.6. The van der Waals surface area contributed by atoms with E-state index in [1.807, 2.05) is 19.1 Å². The Labute approximate surface area is 129 Å². The van der Waals surface area contributed by atoms with Crippen LogP contribution in [0.1, 0.15) is 37.8 Å². The average Bonchev–Trinajstić information content (AvgIpc) is 3.08. The molecule has 2 heterocycles. The number of thioether (sulfide) groups is 1. The summed E-state index contributed by atoms with van der Waals surface area (Å²) in [4.78, 5) is 27.4. The normalized spacial score (nSPS) is 22.2. The van der Waals surface area contributed by atoms with E-state index in [1.54, 1.807) is 16.7 Å². The lowest BCUT2D eigenvalue weighted by Gasteiger charge is -2.27. The minimum atomic E-state index is -0.322. The van der Waals surface area contributed by atoms with E-state index >= 15 is 0 Å². The molecule has 0 spiro atoms. The number of likely N-dealkylation sites (tertiary alicyclic amines) is 1. The molecule has 3 rings (SSSR count). The average molecular weight is 304 g/mol. The van der Waals surface area contributed by atoms with Crippen LogP contribution in [-0.4, -0.2) is 35.1 Å². The molecule has 1 saturated heterocycles. The Bertz CT molecular complexity index is 561. The molecule has 0 bridgehead atoms. The van der Waals surface area contributed by atoms with Crippen molar-refractivity contribution in [2.75, 3.05) is 12.3 Å². The van der Waals surface area contributed by atoms with Crippen molar-refractivity contribution in [2.24, 2.45) is 0 Å². The molecule has 112 valence electrons. The number of hydrogen-bond donors (Lipinski definition) is 1. The fourth-order valence-electron chi connectivity index (χ4n) is 3.10. The zero-order chi connectivity index (χ0) is 14.8. The van der Waals surface area contributed by atoms with Crippen LogP contribution in [-0.2, 0) is 9.59 Å². The third kappa shape index (κ3) is 2.79. The van der Waals surface area contributed by atoms with Crippen LogP contribution in [0.5, 0.6) is 0 Å². The number of carbonyl (C=O) groups is 2. The first-order valence-electron chi connectivity index (χ1n) is 7.52. The summed E-state index contributed by atoms with van der Waals surface area (Å²) in [6.07, 6.45) is 2.11. The van der Waals surface area contributed by atoms with Gasteiger partial charge in [0.05, 0.1) is 6.04 Å². The van der Waals surface area contributed by atoms with Gasteiger partial charge in [-0.2, -0.15) is 0 Å². The molecule has 0 saturated carbocycles. The topological polar surface area (TPSA) is 49.4 Å². The predicted octanol–water partition coefficient (Wildman–Crippen LogP) is 2.35. The van der Waals surface area contributed by atoms with E-state index in [-0.39, 0.29) is 23.9 Å². The molecule has 1 aromatic rings. The van der Waals surface area contributed by atoms with Crippen molar-refractivity contribution in [3.63, 3.8) is 0 Å². The molecule has 4 nitrogen and oxygen atoms in total. The van der Waals surface area contributed by atoms with Gasteiger partial charge >= 0.3 is 0 Å². The smallest absolute Gasteiger partial charge is 0.243 e. The van der Waals surface area contributed by atoms with Crippen molar-refractivity contribution in [2.45, 2.75) is 43.2 Å². The van der Waals surface area contributed by atoms with Gasteiger partial charge in [-0.15, -0.1) is 11.8 Å². The molecule has 5 heteroatoms. The van der Waals surface area contributed by atoms with Gasteiger partial charge in [-0.1, -0.05) is 25.1 Å². The molecule has 21 heavy (non-hydrogen) atoms. The van der Waals surface area contributed by atoms with Crippen LogP contribution in [0.2, 0.25) is 0 Å². The van der Waals surface area contributed by atoms with E-state index in [0.29, 0.717) is 19.4 Å². The quantitative estimate of drug-likeness (QED) is 0.929. The van der Waals surface area contributed by atoms with Crippen molar-refractivity contribution in [1.82, 2.24) is 10.2 Å². The molecule has 0 unspecified atom stereocenters. The van der Waals surface area contributed by atoms with Gasteiger partial charge in [0.2, 0.25) is 11.8 Å². The Morgan fingerprint density at radius 3 is 3.00 bits per heavy atom. The molecule has 0 aromatic heterocycles. The molecular weight excluding hydrogens is 284 g/mol. The largest absolute Gasteiger partial charge is 0.347 e. The summed E-state index contributed by atoms with van der Waals surface area (Å²) in [6, 6.07) is 7.93. The zero-order valence-corrected chi connectivity index (χ0v) is 13.0. The van der Waals surface area contributed by atoms with Gasteiger partial charge in [-0.25, -0.2) is 0 Å². The zero-order valence-electron chi connectivity index (χ0n) is 12.2. The Kier molecular flexibility index (Phi) is 4.19. The second kappa shape index (κ2) is 6.10. The highest BCUT2D eigenvalue weighted by Gasteiger charge is 2.33. The Hall–Kier alpha value is -1.49. The van der Waals surface area contributed by atoms with Crippen LogP contribution < -0.4 is 5.32 Å². The standard InChI is InChI=1S/C16H20N2O2S/c1-2-13(18-9-5-8-15(18)19)16(20)17-12-10-21-14-7-4-3-6-11(12)14/h3-4,6-7,12-13H,2,5,8-10H2,1H3,(H,17,20)/t12-,13-/m0/s1. The predicted molar refractivity (Wildman–Crippen MR) is 83.1 cm³/mol. The highest BCUT2D eigenvalue weighted by atomic mass is 32.2. The van der Waals surface area contributed by atoms with E-state index in [4.69, 9.17) is 0 Å². The van der Waals surface area contributed by atoms with Gasteiger partial charge in [0, 0.05) is 23.6 Å². The lowest BCUT2D eigenvalue weighted by atomic mass is 10.1. The first kappa shape index (κ1) is 14.4. The van der Waals surface area contributed by atoms with Crippen LogP contribution in [0, 0.1) is 0 Å². The minimum absolute atomic E-state index is 0.0185. The number of benzene rings is 1. The number of amides is 2. The molecule has 0 aliphatic carbocycles. The van der Waals surface area contributed by atoms with Crippen molar-refractivity contribution >= 4 is 23.6 Å².